The van der Waals surface area contributed by atoms with Crippen molar-refractivity contribution in [1.82, 2.24) is 5.32 Å². The fraction of sp³-hybridized carbons (Fsp3) is 0.300. The molecule has 1 N–H and O–H groups in total. The number of benzene rings is 1. The molecule has 82 valence electrons. The average Bonchev–Trinajstić information content (AvgIpc) is 2.18. The summed E-state index contributed by atoms with van der Waals surface area (Å²) in [4.78, 5) is 11.4. The lowest BCUT2D eigenvalue weighted by Gasteiger charge is -2.06. The molecule has 0 spiro atoms. The van der Waals surface area contributed by atoms with Gasteiger partial charge >= 0.3 is 0 Å². The third kappa shape index (κ3) is 3.58. The lowest BCUT2D eigenvalue weighted by Crippen LogP contribution is -2.28. The van der Waals surface area contributed by atoms with E-state index in [1.54, 1.807) is 12.1 Å². The van der Waals surface area contributed by atoms with Crippen molar-refractivity contribution in [3.8, 4) is 0 Å². The Morgan fingerprint density at radius 1 is 1.53 bits per heavy atom. The number of rotatable bonds is 3. The summed E-state index contributed by atoms with van der Waals surface area (Å²) in [5.41, 5.74) is 1.27. The second-order valence-electron chi connectivity index (χ2n) is 3.08. The fourth-order valence-corrected chi connectivity index (χ4v) is 1.50. The molecule has 0 unspecified atom stereocenters. The largest absolute Gasteiger partial charge is 0.346 e. The number of halogens is 3. The Bertz CT molecular complexity index is 368. The number of carbonyl (C=O) groups is 1. The zero-order valence-electron chi connectivity index (χ0n) is 8.06. The number of nitrogens with one attached hydrogen (secondary N) is 1. The SMILES string of the molecule is Cc1ccc(Br)c(C(=O)NCC(F)F)c1. The van der Waals surface area contributed by atoms with E-state index in [0.717, 1.165) is 5.56 Å². The van der Waals surface area contributed by atoms with Gasteiger partial charge in [-0.25, -0.2) is 8.78 Å². The first kappa shape index (κ1) is 12.1. The van der Waals surface area contributed by atoms with Crippen LogP contribution >= 0.6 is 15.9 Å². The topological polar surface area (TPSA) is 29.1 Å². The van der Waals surface area contributed by atoms with Crippen molar-refractivity contribution in [2.45, 2.75) is 13.3 Å². The Balaban J connectivity index is 2.77. The van der Waals surface area contributed by atoms with Gasteiger partial charge in [0.05, 0.1) is 12.1 Å². The number of carbonyl (C=O) groups excluding carboxylic acids is 1. The molecule has 0 fully saturated rings. The molecule has 0 aliphatic rings. The van der Waals surface area contributed by atoms with Gasteiger partial charge in [0.2, 0.25) is 0 Å². The summed E-state index contributed by atoms with van der Waals surface area (Å²) >= 11 is 3.19. The molecule has 0 radical (unpaired) electrons. The predicted molar refractivity (Wildman–Crippen MR) is 57.2 cm³/mol. The van der Waals surface area contributed by atoms with Gasteiger partial charge < -0.3 is 5.32 Å². The van der Waals surface area contributed by atoms with Crippen LogP contribution < -0.4 is 5.32 Å². The van der Waals surface area contributed by atoms with Crippen LogP contribution in [-0.4, -0.2) is 18.9 Å². The number of aryl methyl sites for hydroxylation is 1. The van der Waals surface area contributed by atoms with E-state index < -0.39 is 18.9 Å². The van der Waals surface area contributed by atoms with Gasteiger partial charge in [-0.15, -0.1) is 0 Å². The van der Waals surface area contributed by atoms with E-state index in [0.29, 0.717) is 10.0 Å². The third-order valence-electron chi connectivity index (χ3n) is 1.78. The zero-order valence-corrected chi connectivity index (χ0v) is 9.64. The van der Waals surface area contributed by atoms with Crippen molar-refractivity contribution in [2.75, 3.05) is 6.54 Å². The van der Waals surface area contributed by atoms with Crippen LogP contribution in [0.15, 0.2) is 22.7 Å². The first-order valence-corrected chi connectivity index (χ1v) is 5.12. The molecular formula is C10H10BrF2NO. The van der Waals surface area contributed by atoms with Gasteiger partial charge in [0, 0.05) is 4.47 Å². The minimum atomic E-state index is -2.53. The van der Waals surface area contributed by atoms with Gasteiger partial charge in [-0.1, -0.05) is 11.6 Å². The molecule has 1 aromatic rings. The molecule has 0 aliphatic heterocycles. The fourth-order valence-electron chi connectivity index (χ4n) is 1.08. The first-order chi connectivity index (χ1) is 7.00. The predicted octanol–water partition coefficient (Wildman–Crippen LogP) is 2.75. The Morgan fingerprint density at radius 2 is 2.20 bits per heavy atom. The molecule has 0 aromatic heterocycles. The standard InChI is InChI=1S/C10H10BrF2NO/c1-6-2-3-8(11)7(4-6)10(15)14-5-9(12)13/h2-4,9H,5H2,1H3,(H,14,15). The minimum absolute atomic E-state index is 0.371. The van der Waals surface area contributed by atoms with Crippen LogP contribution in [0.2, 0.25) is 0 Å². The van der Waals surface area contributed by atoms with Crippen molar-refractivity contribution in [3.63, 3.8) is 0 Å². The number of hydrogen-bond donors (Lipinski definition) is 1. The van der Waals surface area contributed by atoms with Gasteiger partial charge in [0.1, 0.15) is 0 Å². The Morgan fingerprint density at radius 3 is 2.80 bits per heavy atom. The molecular weight excluding hydrogens is 268 g/mol. The average molecular weight is 278 g/mol. The quantitative estimate of drug-likeness (QED) is 0.905. The van der Waals surface area contributed by atoms with E-state index >= 15 is 0 Å². The zero-order chi connectivity index (χ0) is 11.4. The molecule has 0 bridgehead atoms. The first-order valence-electron chi connectivity index (χ1n) is 4.33. The third-order valence-corrected chi connectivity index (χ3v) is 2.47. The molecule has 2 nitrogen and oxygen atoms in total. The van der Waals surface area contributed by atoms with Crippen molar-refractivity contribution in [3.05, 3.63) is 33.8 Å². The van der Waals surface area contributed by atoms with Crippen LogP contribution in [-0.2, 0) is 0 Å². The van der Waals surface area contributed by atoms with Crippen LogP contribution in [0.25, 0.3) is 0 Å². The van der Waals surface area contributed by atoms with Gasteiger partial charge in [0.25, 0.3) is 12.3 Å². The summed E-state index contributed by atoms with van der Waals surface area (Å²) in [6.45, 7) is 1.20. The molecule has 1 aromatic carbocycles. The van der Waals surface area contributed by atoms with Crippen molar-refractivity contribution >= 4 is 21.8 Å². The second-order valence-corrected chi connectivity index (χ2v) is 3.94. The van der Waals surface area contributed by atoms with E-state index in [9.17, 15) is 13.6 Å². The van der Waals surface area contributed by atoms with Crippen molar-refractivity contribution in [2.24, 2.45) is 0 Å². The summed E-state index contributed by atoms with van der Waals surface area (Å²) in [6.07, 6.45) is -2.53. The summed E-state index contributed by atoms with van der Waals surface area (Å²) in [7, 11) is 0. The van der Waals surface area contributed by atoms with Gasteiger partial charge in [-0.3, -0.25) is 4.79 Å². The molecule has 15 heavy (non-hydrogen) atoms. The summed E-state index contributed by atoms with van der Waals surface area (Å²) < 4.78 is 24.3. The Hall–Kier alpha value is -0.970. The van der Waals surface area contributed by atoms with Crippen LogP contribution in [0.1, 0.15) is 15.9 Å². The van der Waals surface area contributed by atoms with Crippen LogP contribution in [0.3, 0.4) is 0 Å². The minimum Gasteiger partial charge on any atom is -0.346 e. The maximum absolute atomic E-state index is 11.9. The van der Waals surface area contributed by atoms with Gasteiger partial charge in [-0.2, -0.15) is 0 Å². The molecule has 0 aliphatic carbocycles. The smallest absolute Gasteiger partial charge is 0.255 e. The number of hydrogen-bond acceptors (Lipinski definition) is 1. The lowest BCUT2D eigenvalue weighted by molar-refractivity contribution is 0.0891. The molecule has 0 atom stereocenters. The van der Waals surface area contributed by atoms with Crippen molar-refractivity contribution in [1.29, 1.82) is 0 Å². The van der Waals surface area contributed by atoms with Crippen LogP contribution in [0.5, 0.6) is 0 Å². The number of alkyl halides is 2. The molecule has 0 heterocycles. The normalized spacial score (nSPS) is 10.5. The lowest BCUT2D eigenvalue weighted by atomic mass is 10.1. The molecule has 1 rings (SSSR count). The maximum atomic E-state index is 11.9. The summed E-state index contributed by atoms with van der Waals surface area (Å²) in [5, 5.41) is 2.15. The molecule has 5 heteroatoms. The van der Waals surface area contributed by atoms with Gasteiger partial charge in [-0.05, 0) is 35.0 Å². The van der Waals surface area contributed by atoms with E-state index in [1.807, 2.05) is 13.0 Å². The Kier molecular flexibility index (Phi) is 4.20. The monoisotopic (exact) mass is 277 g/mol. The highest BCUT2D eigenvalue weighted by Gasteiger charge is 2.11. The van der Waals surface area contributed by atoms with Crippen molar-refractivity contribution < 1.29 is 13.6 Å². The molecule has 0 saturated carbocycles. The molecule has 1 amide bonds. The molecule has 0 saturated heterocycles. The highest BCUT2D eigenvalue weighted by molar-refractivity contribution is 9.10. The van der Waals surface area contributed by atoms with E-state index in [2.05, 4.69) is 21.2 Å². The second kappa shape index (κ2) is 5.21. The van der Waals surface area contributed by atoms with E-state index in [-0.39, 0.29) is 0 Å². The highest BCUT2D eigenvalue weighted by Crippen LogP contribution is 2.17. The Labute approximate surface area is 94.8 Å². The summed E-state index contributed by atoms with van der Waals surface area (Å²) in [5.74, 6) is -0.495. The van der Waals surface area contributed by atoms with Crippen LogP contribution in [0.4, 0.5) is 8.78 Å². The maximum Gasteiger partial charge on any atom is 0.255 e. The summed E-state index contributed by atoms with van der Waals surface area (Å²) in [6, 6.07) is 5.19. The number of amides is 1. The van der Waals surface area contributed by atoms with Gasteiger partial charge in [0.15, 0.2) is 0 Å². The highest BCUT2D eigenvalue weighted by atomic mass is 79.9. The van der Waals surface area contributed by atoms with E-state index in [1.165, 1.54) is 0 Å². The van der Waals surface area contributed by atoms with Crippen LogP contribution in [0, 0.1) is 6.92 Å². The van der Waals surface area contributed by atoms with E-state index in [4.69, 9.17) is 0 Å².